The number of carbonyl (C=O) groups is 2. The first-order chi connectivity index (χ1) is 9.16. The first kappa shape index (κ1) is 15.8. The van der Waals surface area contributed by atoms with E-state index in [1.54, 1.807) is 6.07 Å². The lowest BCUT2D eigenvalue weighted by Crippen LogP contribution is -2.44. The summed E-state index contributed by atoms with van der Waals surface area (Å²) in [6.07, 6.45) is -5.26. The number of nitrogens with zero attached hydrogens (tertiary/aromatic N) is 2. The highest BCUT2D eigenvalue weighted by molar-refractivity contribution is 6.30. The number of halogens is 4. The molecule has 0 aliphatic heterocycles. The van der Waals surface area contributed by atoms with E-state index in [4.69, 9.17) is 22.0 Å². The number of hydrogen-bond donors (Lipinski definition) is 1. The molecule has 0 unspecified atom stereocenters. The lowest BCUT2D eigenvalue weighted by atomic mass is 10.1. The summed E-state index contributed by atoms with van der Waals surface area (Å²) in [5, 5.41) is 17.5. The molecule has 1 aromatic rings. The topological polar surface area (TPSA) is 81.4 Å². The zero-order valence-electron chi connectivity index (χ0n) is 9.61. The van der Waals surface area contributed by atoms with Gasteiger partial charge in [-0.15, -0.1) is 0 Å². The van der Waals surface area contributed by atoms with Gasteiger partial charge in [0, 0.05) is 5.02 Å². The van der Waals surface area contributed by atoms with Crippen LogP contribution in [0.15, 0.2) is 18.2 Å². The Balaban J connectivity index is 3.36. The number of alkyl halides is 3. The largest absolute Gasteiger partial charge is 0.480 e. The molecule has 1 N–H and O–H groups in total. The number of amides is 1. The fraction of sp³-hybridized carbons (Fsp3) is 0.182. The van der Waals surface area contributed by atoms with Gasteiger partial charge in [-0.3, -0.25) is 14.5 Å². The number of nitriles is 1. The van der Waals surface area contributed by atoms with Gasteiger partial charge in [-0.25, -0.2) is 0 Å². The Morgan fingerprint density at radius 2 is 2.00 bits per heavy atom. The van der Waals surface area contributed by atoms with Gasteiger partial charge in [0.15, 0.2) is 0 Å². The van der Waals surface area contributed by atoms with Crippen molar-refractivity contribution in [1.29, 1.82) is 5.26 Å². The van der Waals surface area contributed by atoms with Crippen LogP contribution >= 0.6 is 11.6 Å². The molecule has 0 aliphatic rings. The summed E-state index contributed by atoms with van der Waals surface area (Å²) >= 11 is 5.58. The van der Waals surface area contributed by atoms with Crippen LogP contribution in [0.1, 0.15) is 5.56 Å². The Morgan fingerprint density at radius 1 is 1.40 bits per heavy atom. The van der Waals surface area contributed by atoms with E-state index in [0.29, 0.717) is 0 Å². The van der Waals surface area contributed by atoms with Gasteiger partial charge in [0.2, 0.25) is 0 Å². The van der Waals surface area contributed by atoms with Crippen molar-refractivity contribution in [2.24, 2.45) is 0 Å². The fourth-order valence-electron chi connectivity index (χ4n) is 1.39. The van der Waals surface area contributed by atoms with E-state index >= 15 is 0 Å². The molecule has 0 bridgehead atoms. The molecule has 0 atom stereocenters. The van der Waals surface area contributed by atoms with E-state index in [1.807, 2.05) is 0 Å². The van der Waals surface area contributed by atoms with Crippen molar-refractivity contribution in [1.82, 2.24) is 0 Å². The average molecular weight is 307 g/mol. The molecule has 0 fully saturated rings. The summed E-state index contributed by atoms with van der Waals surface area (Å²) in [5.74, 6) is -4.03. The number of carbonyl (C=O) groups excluding carboxylic acids is 1. The highest BCUT2D eigenvalue weighted by Crippen LogP contribution is 2.28. The molecule has 0 aliphatic carbocycles. The predicted molar refractivity (Wildman–Crippen MR) is 62.2 cm³/mol. The maximum Gasteiger partial charge on any atom is 0.471 e. The lowest BCUT2D eigenvalue weighted by molar-refractivity contribution is -0.170. The van der Waals surface area contributed by atoms with Crippen molar-refractivity contribution in [3.63, 3.8) is 0 Å². The number of benzene rings is 1. The minimum absolute atomic E-state index is 0.0305. The van der Waals surface area contributed by atoms with Crippen LogP contribution in [0.5, 0.6) is 0 Å². The second kappa shape index (κ2) is 5.79. The van der Waals surface area contributed by atoms with Gasteiger partial charge in [-0.2, -0.15) is 18.4 Å². The molecule has 0 radical (unpaired) electrons. The van der Waals surface area contributed by atoms with Crippen LogP contribution in [0.4, 0.5) is 18.9 Å². The third kappa shape index (κ3) is 3.61. The maximum absolute atomic E-state index is 12.5. The van der Waals surface area contributed by atoms with E-state index in [1.165, 1.54) is 0 Å². The van der Waals surface area contributed by atoms with Crippen LogP contribution in [0.25, 0.3) is 0 Å². The minimum Gasteiger partial charge on any atom is -0.480 e. The molecule has 1 rings (SSSR count). The van der Waals surface area contributed by atoms with E-state index in [2.05, 4.69) is 0 Å². The highest BCUT2D eigenvalue weighted by atomic mass is 35.5. The van der Waals surface area contributed by atoms with E-state index < -0.39 is 30.3 Å². The van der Waals surface area contributed by atoms with Crippen molar-refractivity contribution < 1.29 is 27.9 Å². The number of carboxylic acids is 1. The Kier molecular flexibility index (Phi) is 4.57. The van der Waals surface area contributed by atoms with Crippen molar-refractivity contribution in [3.8, 4) is 6.07 Å². The third-order valence-electron chi connectivity index (χ3n) is 2.15. The first-order valence-corrected chi connectivity index (χ1v) is 5.34. The standard InChI is InChI=1S/C11H6ClF3N2O3/c12-7-1-2-8(6(3-7)4-16)17(5-9(18)19)10(20)11(13,14)15/h1-3H,5H2,(H,18,19). The molecule has 1 aromatic carbocycles. The number of hydrogen-bond acceptors (Lipinski definition) is 3. The van der Waals surface area contributed by atoms with Crippen molar-refractivity contribution in [2.75, 3.05) is 11.4 Å². The molecular weight excluding hydrogens is 301 g/mol. The third-order valence-corrected chi connectivity index (χ3v) is 2.39. The van der Waals surface area contributed by atoms with E-state index in [9.17, 15) is 22.8 Å². The maximum atomic E-state index is 12.5. The molecule has 0 spiro atoms. The minimum atomic E-state index is -5.26. The number of carboxylic acid groups (broad SMARTS) is 1. The van der Waals surface area contributed by atoms with Gasteiger partial charge in [0.1, 0.15) is 12.6 Å². The predicted octanol–water partition coefficient (Wildman–Crippen LogP) is 2.19. The molecule has 1 amide bonds. The zero-order chi connectivity index (χ0) is 15.5. The van der Waals surface area contributed by atoms with E-state index in [-0.39, 0.29) is 15.5 Å². The summed E-state index contributed by atoms with van der Waals surface area (Å²) in [4.78, 5) is 21.8. The summed E-state index contributed by atoms with van der Waals surface area (Å²) in [6, 6.07) is 4.72. The van der Waals surface area contributed by atoms with Gasteiger partial charge in [0.25, 0.3) is 0 Å². The van der Waals surface area contributed by atoms with Gasteiger partial charge < -0.3 is 5.11 Å². The quantitative estimate of drug-likeness (QED) is 0.928. The first-order valence-electron chi connectivity index (χ1n) is 4.97. The Hall–Kier alpha value is -2.27. The van der Waals surface area contributed by atoms with Crippen LogP contribution in [-0.4, -0.2) is 29.7 Å². The number of anilines is 1. The van der Waals surface area contributed by atoms with Gasteiger partial charge >= 0.3 is 18.1 Å². The second-order valence-corrected chi connectivity index (χ2v) is 3.99. The van der Waals surface area contributed by atoms with Crippen LogP contribution in [0.2, 0.25) is 5.02 Å². The van der Waals surface area contributed by atoms with Crippen molar-refractivity contribution in [2.45, 2.75) is 6.18 Å². The van der Waals surface area contributed by atoms with Crippen LogP contribution in [0, 0.1) is 11.3 Å². The smallest absolute Gasteiger partial charge is 0.471 e. The monoisotopic (exact) mass is 306 g/mol. The van der Waals surface area contributed by atoms with Crippen molar-refractivity contribution in [3.05, 3.63) is 28.8 Å². The highest BCUT2D eigenvalue weighted by Gasteiger charge is 2.44. The van der Waals surface area contributed by atoms with Crippen LogP contribution < -0.4 is 4.90 Å². The van der Waals surface area contributed by atoms with Crippen LogP contribution in [-0.2, 0) is 9.59 Å². The Bertz CT molecular complexity index is 596. The van der Waals surface area contributed by atoms with Crippen LogP contribution in [0.3, 0.4) is 0 Å². The molecule has 9 heteroatoms. The number of aliphatic carboxylic acids is 1. The second-order valence-electron chi connectivity index (χ2n) is 3.56. The molecule has 0 aromatic heterocycles. The molecule has 106 valence electrons. The summed E-state index contributed by atoms with van der Waals surface area (Å²) in [7, 11) is 0. The number of rotatable bonds is 3. The lowest BCUT2D eigenvalue weighted by Gasteiger charge is -2.22. The molecule has 0 saturated carbocycles. The average Bonchev–Trinajstić information content (AvgIpc) is 2.34. The molecule has 0 saturated heterocycles. The molecule has 5 nitrogen and oxygen atoms in total. The van der Waals surface area contributed by atoms with Gasteiger partial charge in [0.05, 0.1) is 11.3 Å². The normalized spacial score (nSPS) is 10.8. The molecule has 20 heavy (non-hydrogen) atoms. The SMILES string of the molecule is N#Cc1cc(Cl)ccc1N(CC(=O)O)C(=O)C(F)(F)F. The fourth-order valence-corrected chi connectivity index (χ4v) is 1.56. The summed E-state index contributed by atoms with van der Waals surface area (Å²) in [6.45, 7) is -1.23. The van der Waals surface area contributed by atoms with E-state index in [0.717, 1.165) is 18.2 Å². The Labute approximate surface area is 115 Å². The van der Waals surface area contributed by atoms with Gasteiger partial charge in [-0.05, 0) is 18.2 Å². The zero-order valence-corrected chi connectivity index (χ0v) is 10.4. The molecular formula is C11H6ClF3N2O3. The van der Waals surface area contributed by atoms with Crippen molar-refractivity contribution >= 4 is 29.2 Å². The summed E-state index contributed by atoms with van der Waals surface area (Å²) in [5.41, 5.74) is -0.807. The molecule has 0 heterocycles. The Morgan fingerprint density at radius 3 is 2.45 bits per heavy atom. The summed E-state index contributed by atoms with van der Waals surface area (Å²) < 4.78 is 37.4. The van der Waals surface area contributed by atoms with Gasteiger partial charge in [-0.1, -0.05) is 11.6 Å².